The van der Waals surface area contributed by atoms with Gasteiger partial charge in [-0.25, -0.2) is 4.39 Å². The average Bonchev–Trinajstić information content (AvgIpc) is 2.60. The van der Waals surface area contributed by atoms with Crippen LogP contribution in [0.4, 0.5) is 4.39 Å². The summed E-state index contributed by atoms with van der Waals surface area (Å²) < 4.78 is 25.5. The van der Waals surface area contributed by atoms with E-state index in [0.29, 0.717) is 30.3 Å². The molecule has 110 valence electrons. The van der Waals surface area contributed by atoms with Gasteiger partial charge in [-0.1, -0.05) is 0 Å². The lowest BCUT2D eigenvalue weighted by Gasteiger charge is -2.21. The van der Waals surface area contributed by atoms with Crippen molar-refractivity contribution in [3.63, 3.8) is 0 Å². The van der Waals surface area contributed by atoms with Gasteiger partial charge in [0.25, 0.3) is 0 Å². The Hall–Kier alpha value is -1.30. The summed E-state index contributed by atoms with van der Waals surface area (Å²) in [6, 6.07) is 1.53. The van der Waals surface area contributed by atoms with Crippen molar-refractivity contribution < 1.29 is 23.8 Å². The number of hydrogen-bond acceptors (Lipinski definition) is 3. The van der Waals surface area contributed by atoms with Crippen LogP contribution in [0.15, 0.2) is 10.5 Å². The minimum atomic E-state index is -1.06. The normalized spacial score (nSPS) is 14.8. The number of hydrogen-bond donors (Lipinski definition) is 1. The fraction of sp³-hybridized carbons (Fsp3) is 0.500. The first-order valence-corrected chi connectivity index (χ1v) is 7.12. The average molecular weight is 347 g/mol. The van der Waals surface area contributed by atoms with Gasteiger partial charge in [0.05, 0.1) is 23.1 Å². The molecule has 0 unspecified atom stereocenters. The first kappa shape index (κ1) is 15.1. The Bertz CT molecular complexity index is 542. The van der Waals surface area contributed by atoms with E-state index in [4.69, 9.17) is 14.6 Å². The van der Waals surface area contributed by atoms with Crippen molar-refractivity contribution in [2.45, 2.75) is 26.7 Å². The monoisotopic (exact) mass is 346 g/mol. The fourth-order valence-corrected chi connectivity index (χ4v) is 2.54. The van der Waals surface area contributed by atoms with Crippen LogP contribution < -0.4 is 9.47 Å². The Balaban J connectivity index is 2.43. The Morgan fingerprint density at radius 3 is 2.75 bits per heavy atom. The molecule has 2 rings (SSSR count). The van der Waals surface area contributed by atoms with E-state index in [1.165, 1.54) is 6.07 Å². The number of benzene rings is 1. The number of fused-ring (bicyclic) bond motifs is 1. The summed E-state index contributed by atoms with van der Waals surface area (Å²) in [6.45, 7) is 4.08. The maximum Gasteiger partial charge on any atom is 0.309 e. The Morgan fingerprint density at radius 1 is 1.45 bits per heavy atom. The van der Waals surface area contributed by atoms with Crippen molar-refractivity contribution in [1.82, 2.24) is 0 Å². The molecule has 1 heterocycles. The Kier molecular flexibility index (Phi) is 4.22. The molecule has 0 saturated heterocycles. The Labute approximate surface area is 125 Å². The molecule has 0 aliphatic carbocycles. The quantitative estimate of drug-likeness (QED) is 0.911. The maximum atomic E-state index is 14.3. The molecule has 0 amide bonds. The van der Waals surface area contributed by atoms with Crippen LogP contribution in [0.5, 0.6) is 11.5 Å². The molecule has 6 heteroatoms. The van der Waals surface area contributed by atoms with E-state index < -0.39 is 17.2 Å². The number of carbonyl (C=O) groups is 1. The van der Waals surface area contributed by atoms with Crippen molar-refractivity contribution in [3.8, 4) is 11.5 Å². The minimum Gasteiger partial charge on any atom is -0.490 e. The second-order valence-electron chi connectivity index (χ2n) is 5.41. The molecule has 0 atom stereocenters. The van der Waals surface area contributed by atoms with E-state index in [9.17, 15) is 9.18 Å². The first-order valence-electron chi connectivity index (χ1n) is 6.33. The van der Waals surface area contributed by atoms with E-state index in [-0.39, 0.29) is 10.9 Å². The van der Waals surface area contributed by atoms with Crippen molar-refractivity contribution in [2.75, 3.05) is 13.2 Å². The summed E-state index contributed by atoms with van der Waals surface area (Å²) in [7, 11) is 0. The van der Waals surface area contributed by atoms with Crippen LogP contribution >= 0.6 is 15.9 Å². The molecular weight excluding hydrogens is 331 g/mol. The zero-order valence-corrected chi connectivity index (χ0v) is 12.9. The molecule has 0 spiro atoms. The van der Waals surface area contributed by atoms with Crippen molar-refractivity contribution in [1.29, 1.82) is 0 Å². The molecule has 20 heavy (non-hydrogen) atoms. The summed E-state index contributed by atoms with van der Waals surface area (Å²) in [6.07, 6.45) is 0.794. The minimum absolute atomic E-state index is 0.0728. The van der Waals surface area contributed by atoms with E-state index in [2.05, 4.69) is 15.9 Å². The largest absolute Gasteiger partial charge is 0.490 e. The standard InChI is InChI=1S/C14H16BrFO4/c1-14(2,13(17)18)7-8-6-9-12(10(15)11(8)16)20-5-3-4-19-9/h6H,3-5,7H2,1-2H3,(H,17,18). The van der Waals surface area contributed by atoms with E-state index >= 15 is 0 Å². The lowest BCUT2D eigenvalue weighted by atomic mass is 9.85. The van der Waals surface area contributed by atoms with Crippen LogP contribution in [-0.2, 0) is 11.2 Å². The highest BCUT2D eigenvalue weighted by Crippen LogP contribution is 2.41. The molecular formula is C14H16BrFO4. The third-order valence-corrected chi connectivity index (χ3v) is 3.92. The number of ether oxygens (including phenoxy) is 2. The Morgan fingerprint density at radius 2 is 2.10 bits per heavy atom. The lowest BCUT2D eigenvalue weighted by Crippen LogP contribution is -2.26. The molecule has 1 N–H and O–H groups in total. The zero-order valence-electron chi connectivity index (χ0n) is 11.3. The molecule has 0 fully saturated rings. The SMILES string of the molecule is CC(C)(Cc1cc2c(c(Br)c1F)OCCCO2)C(=O)O. The molecule has 1 aliphatic rings. The molecule has 4 nitrogen and oxygen atoms in total. The molecule has 1 aliphatic heterocycles. The van der Waals surface area contributed by atoms with Crippen LogP contribution in [0, 0.1) is 11.2 Å². The highest BCUT2D eigenvalue weighted by molar-refractivity contribution is 9.10. The second kappa shape index (κ2) is 5.60. The van der Waals surface area contributed by atoms with Gasteiger partial charge in [0.15, 0.2) is 11.5 Å². The number of aliphatic carboxylic acids is 1. The molecule has 0 aromatic heterocycles. The van der Waals surface area contributed by atoms with Crippen LogP contribution in [0.3, 0.4) is 0 Å². The smallest absolute Gasteiger partial charge is 0.309 e. The molecule has 0 saturated carbocycles. The predicted octanol–water partition coefficient (Wildman–Crippen LogP) is 3.40. The highest BCUT2D eigenvalue weighted by Gasteiger charge is 2.31. The maximum absolute atomic E-state index is 14.3. The first-order chi connectivity index (χ1) is 9.33. The summed E-state index contributed by atoms with van der Waals surface area (Å²) in [4.78, 5) is 11.2. The van der Waals surface area contributed by atoms with Crippen molar-refractivity contribution in [3.05, 3.63) is 21.9 Å². The number of halogens is 2. The predicted molar refractivity (Wildman–Crippen MR) is 74.8 cm³/mol. The van der Waals surface area contributed by atoms with Gasteiger partial charge in [-0.05, 0) is 47.8 Å². The number of carboxylic acid groups (broad SMARTS) is 1. The second-order valence-corrected chi connectivity index (χ2v) is 6.20. The van der Waals surface area contributed by atoms with Gasteiger partial charge in [0.2, 0.25) is 0 Å². The zero-order chi connectivity index (χ0) is 14.9. The van der Waals surface area contributed by atoms with E-state index in [1.807, 2.05) is 0 Å². The van der Waals surface area contributed by atoms with Crippen LogP contribution in [0.1, 0.15) is 25.8 Å². The number of rotatable bonds is 3. The van der Waals surface area contributed by atoms with Crippen LogP contribution in [0.2, 0.25) is 0 Å². The third kappa shape index (κ3) is 2.90. The fourth-order valence-electron chi connectivity index (χ4n) is 1.97. The van der Waals surface area contributed by atoms with Crippen molar-refractivity contribution >= 4 is 21.9 Å². The topological polar surface area (TPSA) is 55.8 Å². The van der Waals surface area contributed by atoms with Gasteiger partial charge in [-0.3, -0.25) is 4.79 Å². The highest BCUT2D eigenvalue weighted by atomic mass is 79.9. The van der Waals surface area contributed by atoms with E-state index in [0.717, 1.165) is 6.42 Å². The van der Waals surface area contributed by atoms with E-state index in [1.54, 1.807) is 13.8 Å². The molecule has 1 aromatic carbocycles. The molecule has 1 aromatic rings. The van der Waals surface area contributed by atoms with Gasteiger partial charge in [-0.15, -0.1) is 0 Å². The van der Waals surface area contributed by atoms with Crippen LogP contribution in [0.25, 0.3) is 0 Å². The number of carboxylic acids is 1. The van der Waals surface area contributed by atoms with Crippen molar-refractivity contribution in [2.24, 2.45) is 5.41 Å². The van der Waals surface area contributed by atoms with Gasteiger partial charge < -0.3 is 14.6 Å². The van der Waals surface area contributed by atoms with Gasteiger partial charge in [0, 0.05) is 6.42 Å². The summed E-state index contributed by atoms with van der Waals surface area (Å²) in [5, 5.41) is 9.16. The molecule has 0 bridgehead atoms. The lowest BCUT2D eigenvalue weighted by molar-refractivity contribution is -0.146. The van der Waals surface area contributed by atoms with Gasteiger partial charge in [-0.2, -0.15) is 0 Å². The summed E-state index contributed by atoms with van der Waals surface area (Å²) in [5.74, 6) is -0.674. The summed E-state index contributed by atoms with van der Waals surface area (Å²) in [5.41, 5.74) is -0.756. The van der Waals surface area contributed by atoms with Gasteiger partial charge in [0.1, 0.15) is 5.82 Å². The van der Waals surface area contributed by atoms with Gasteiger partial charge >= 0.3 is 5.97 Å². The van der Waals surface area contributed by atoms with Crippen LogP contribution in [-0.4, -0.2) is 24.3 Å². The third-order valence-electron chi connectivity index (χ3n) is 3.21. The molecule has 0 radical (unpaired) electrons. The summed E-state index contributed by atoms with van der Waals surface area (Å²) >= 11 is 3.17.